The molecule has 0 saturated carbocycles. The number of hydrogen-bond donors (Lipinski definition) is 0. The summed E-state index contributed by atoms with van der Waals surface area (Å²) < 4.78 is 48.3. The largest absolute Gasteiger partial charge is 0.496 e. The van der Waals surface area contributed by atoms with Crippen molar-refractivity contribution in [2.45, 2.75) is 37.8 Å². The fourth-order valence-corrected chi connectivity index (χ4v) is 5.06. The number of piperidine rings is 1. The molecule has 0 radical (unpaired) electrons. The van der Waals surface area contributed by atoms with Crippen molar-refractivity contribution in [1.82, 2.24) is 19.7 Å². The maximum absolute atomic E-state index is 13.9. The van der Waals surface area contributed by atoms with E-state index in [1.807, 2.05) is 4.90 Å². The number of aryl methyl sites for hydroxylation is 1. The molecule has 0 spiro atoms. The first-order valence-corrected chi connectivity index (χ1v) is 10.4. The fourth-order valence-electron chi connectivity index (χ4n) is 5.06. The maximum Gasteiger partial charge on any atom is 0.260 e. The van der Waals surface area contributed by atoms with Crippen LogP contribution in [-0.2, 0) is 13.5 Å². The Morgan fingerprint density at radius 3 is 2.66 bits per heavy atom. The van der Waals surface area contributed by atoms with E-state index in [1.54, 1.807) is 24.0 Å². The first kappa shape index (κ1) is 20.5. The van der Waals surface area contributed by atoms with Crippen LogP contribution in [0.4, 0.5) is 13.2 Å². The molecule has 2 atom stereocenters. The van der Waals surface area contributed by atoms with E-state index in [9.17, 15) is 18.0 Å². The Balaban J connectivity index is 1.60. The number of methoxy groups -OCH3 is 1. The summed E-state index contributed by atoms with van der Waals surface area (Å²) in [6, 6.07) is 3.25. The molecule has 9 heteroatoms. The Hall–Kier alpha value is -3.36. The second-order valence-electron chi connectivity index (χ2n) is 8.18. The number of fused-ring (bicyclic) bond motifs is 4. The van der Waals surface area contributed by atoms with E-state index in [1.165, 1.54) is 13.3 Å². The van der Waals surface area contributed by atoms with Gasteiger partial charge in [-0.15, -0.1) is 0 Å². The van der Waals surface area contributed by atoms with Crippen LogP contribution in [-0.4, -0.2) is 38.7 Å². The van der Waals surface area contributed by atoms with E-state index < -0.39 is 17.5 Å². The summed E-state index contributed by atoms with van der Waals surface area (Å²) in [7, 11) is 3.19. The standard InChI is InChI=1S/C23H21F3N4O2/c1-29-22(12-8-16(24)20(26)17(25)9-12)14-10-13-4-3-5-18(21(14)28-29)30(13)23(31)15-11-27-7-6-19(15)32-2/h6-9,11,13,18H,3-5,10H2,1-2H3/t13-,18+/m1/s1. The van der Waals surface area contributed by atoms with Crippen LogP contribution in [0, 0.1) is 17.5 Å². The van der Waals surface area contributed by atoms with Gasteiger partial charge >= 0.3 is 0 Å². The number of benzene rings is 1. The van der Waals surface area contributed by atoms with E-state index in [2.05, 4.69) is 10.1 Å². The molecule has 2 bridgehead atoms. The predicted octanol–water partition coefficient (Wildman–Crippen LogP) is 4.20. The van der Waals surface area contributed by atoms with Crippen molar-refractivity contribution in [2.24, 2.45) is 7.05 Å². The smallest absolute Gasteiger partial charge is 0.260 e. The molecular weight excluding hydrogens is 421 g/mol. The normalized spacial score (nSPS) is 19.6. The van der Waals surface area contributed by atoms with Gasteiger partial charge < -0.3 is 9.64 Å². The molecule has 2 aliphatic rings. The summed E-state index contributed by atoms with van der Waals surface area (Å²) in [5, 5.41) is 4.64. The molecule has 0 aliphatic carbocycles. The lowest BCUT2D eigenvalue weighted by Gasteiger charge is -2.45. The highest BCUT2D eigenvalue weighted by Crippen LogP contribution is 2.45. The highest BCUT2D eigenvalue weighted by molar-refractivity contribution is 5.97. The number of carbonyl (C=O) groups is 1. The number of rotatable bonds is 3. The number of halogens is 3. The molecular formula is C23H21F3N4O2. The number of nitrogens with zero attached hydrogens (tertiary/aromatic N) is 4. The third-order valence-corrected chi connectivity index (χ3v) is 6.40. The van der Waals surface area contributed by atoms with Crippen LogP contribution in [0.1, 0.15) is 46.9 Å². The van der Waals surface area contributed by atoms with E-state index in [0.717, 1.165) is 37.0 Å². The van der Waals surface area contributed by atoms with Crippen LogP contribution in [0.15, 0.2) is 30.6 Å². The molecule has 1 aromatic carbocycles. The quantitative estimate of drug-likeness (QED) is 0.571. The summed E-state index contributed by atoms with van der Waals surface area (Å²) in [6.07, 6.45) is 6.01. The Labute approximate surface area is 182 Å². The average molecular weight is 442 g/mol. The molecule has 32 heavy (non-hydrogen) atoms. The molecule has 1 amide bonds. The van der Waals surface area contributed by atoms with Gasteiger partial charge in [-0.3, -0.25) is 14.5 Å². The van der Waals surface area contributed by atoms with Crippen molar-refractivity contribution in [1.29, 1.82) is 0 Å². The SMILES string of the molecule is COc1ccncc1C(=O)N1[C@@H]2CCC[C@H]1c1nn(C)c(-c3cc(F)c(F)c(F)c3)c1C2. The Kier molecular flexibility index (Phi) is 4.91. The third kappa shape index (κ3) is 3.06. The minimum atomic E-state index is -1.50. The zero-order chi connectivity index (χ0) is 22.6. The first-order chi connectivity index (χ1) is 15.4. The minimum Gasteiger partial charge on any atom is -0.496 e. The van der Waals surface area contributed by atoms with Gasteiger partial charge in [0.2, 0.25) is 0 Å². The molecule has 4 heterocycles. The van der Waals surface area contributed by atoms with Gasteiger partial charge in [-0.1, -0.05) is 0 Å². The third-order valence-electron chi connectivity index (χ3n) is 6.40. The number of ether oxygens (including phenoxy) is 1. The second kappa shape index (κ2) is 7.65. The van der Waals surface area contributed by atoms with Gasteiger partial charge in [-0.25, -0.2) is 13.2 Å². The lowest BCUT2D eigenvalue weighted by Crippen LogP contribution is -2.50. The summed E-state index contributed by atoms with van der Waals surface area (Å²) in [4.78, 5) is 19.4. The minimum absolute atomic E-state index is 0.100. The Bertz CT molecular complexity index is 1200. The van der Waals surface area contributed by atoms with Crippen LogP contribution in [0.25, 0.3) is 11.3 Å². The van der Waals surface area contributed by atoms with Crippen molar-refractivity contribution in [3.63, 3.8) is 0 Å². The van der Waals surface area contributed by atoms with Crippen LogP contribution >= 0.6 is 0 Å². The first-order valence-electron chi connectivity index (χ1n) is 10.4. The molecule has 5 rings (SSSR count). The van der Waals surface area contributed by atoms with Gasteiger partial charge in [-0.05, 0) is 43.9 Å². The van der Waals surface area contributed by atoms with Gasteiger partial charge in [0.1, 0.15) is 5.75 Å². The molecule has 3 aromatic rings. The number of aromatic nitrogens is 3. The van der Waals surface area contributed by atoms with Gasteiger partial charge in [0.05, 0.1) is 30.1 Å². The molecule has 1 fully saturated rings. The van der Waals surface area contributed by atoms with Crippen LogP contribution in [0.5, 0.6) is 5.75 Å². The van der Waals surface area contributed by atoms with E-state index in [0.29, 0.717) is 29.1 Å². The molecule has 166 valence electrons. The van der Waals surface area contributed by atoms with Crippen LogP contribution in [0.2, 0.25) is 0 Å². The van der Waals surface area contributed by atoms with Crippen molar-refractivity contribution >= 4 is 5.91 Å². The summed E-state index contributed by atoms with van der Waals surface area (Å²) in [5.74, 6) is -3.71. The van der Waals surface area contributed by atoms with Crippen molar-refractivity contribution in [3.05, 3.63) is 64.9 Å². The van der Waals surface area contributed by atoms with Crippen LogP contribution in [0.3, 0.4) is 0 Å². The van der Waals surface area contributed by atoms with E-state index in [4.69, 9.17) is 4.74 Å². The van der Waals surface area contributed by atoms with Gasteiger partial charge in [-0.2, -0.15) is 5.10 Å². The molecule has 0 N–H and O–H groups in total. The number of pyridine rings is 1. The fraction of sp³-hybridized carbons (Fsp3) is 0.348. The highest BCUT2D eigenvalue weighted by atomic mass is 19.2. The van der Waals surface area contributed by atoms with Crippen molar-refractivity contribution in [2.75, 3.05) is 7.11 Å². The monoisotopic (exact) mass is 442 g/mol. The van der Waals surface area contributed by atoms with E-state index >= 15 is 0 Å². The van der Waals surface area contributed by atoms with E-state index in [-0.39, 0.29) is 23.6 Å². The molecule has 0 unspecified atom stereocenters. The summed E-state index contributed by atoms with van der Waals surface area (Å²) in [6.45, 7) is 0. The average Bonchev–Trinajstić information content (AvgIpc) is 3.11. The van der Waals surface area contributed by atoms with Crippen LogP contribution < -0.4 is 4.74 Å². The zero-order valence-electron chi connectivity index (χ0n) is 17.6. The van der Waals surface area contributed by atoms with Gasteiger partial charge in [0, 0.05) is 36.6 Å². The summed E-state index contributed by atoms with van der Waals surface area (Å²) in [5.41, 5.74) is 2.70. The summed E-state index contributed by atoms with van der Waals surface area (Å²) >= 11 is 0. The Morgan fingerprint density at radius 1 is 1.19 bits per heavy atom. The predicted molar refractivity (Wildman–Crippen MR) is 110 cm³/mol. The molecule has 1 saturated heterocycles. The van der Waals surface area contributed by atoms with Gasteiger partial charge in [0.15, 0.2) is 17.5 Å². The van der Waals surface area contributed by atoms with Crippen molar-refractivity contribution in [3.8, 4) is 17.0 Å². The van der Waals surface area contributed by atoms with Gasteiger partial charge in [0.25, 0.3) is 5.91 Å². The molecule has 2 aromatic heterocycles. The molecule has 2 aliphatic heterocycles. The lowest BCUT2D eigenvalue weighted by molar-refractivity contribution is 0.0388. The number of hydrogen-bond acceptors (Lipinski definition) is 4. The second-order valence-corrected chi connectivity index (χ2v) is 8.18. The van der Waals surface area contributed by atoms with Crippen molar-refractivity contribution < 1.29 is 22.7 Å². The number of carbonyl (C=O) groups excluding carboxylic acids is 1. The lowest BCUT2D eigenvalue weighted by atomic mass is 9.81. The zero-order valence-corrected chi connectivity index (χ0v) is 17.6. The molecule has 6 nitrogen and oxygen atoms in total. The highest BCUT2D eigenvalue weighted by Gasteiger charge is 2.44. The number of amides is 1. The maximum atomic E-state index is 13.9. The topological polar surface area (TPSA) is 60.2 Å². The Morgan fingerprint density at radius 2 is 1.94 bits per heavy atom.